The van der Waals surface area contributed by atoms with E-state index in [1.807, 2.05) is 42.2 Å². The van der Waals surface area contributed by atoms with Gasteiger partial charge in [-0.3, -0.25) is 4.79 Å². The molecule has 1 aliphatic rings. The number of benzene rings is 2. The number of phenols is 1. The SMILES string of the molecule is CCCNC(=O)c1ccc(O)c(N2CCC(O)(Cc3ccccc3)CC2)c1. The number of phenolic OH excluding ortho intramolecular Hbond substituents is 1. The lowest BCUT2D eigenvalue weighted by Gasteiger charge is -2.39. The van der Waals surface area contributed by atoms with E-state index < -0.39 is 5.60 Å². The first-order chi connectivity index (χ1) is 13.0. The smallest absolute Gasteiger partial charge is 0.251 e. The van der Waals surface area contributed by atoms with Crippen molar-refractivity contribution in [3.8, 4) is 5.75 Å². The average Bonchev–Trinajstić information content (AvgIpc) is 2.68. The van der Waals surface area contributed by atoms with Crippen LogP contribution in [-0.4, -0.2) is 41.4 Å². The molecule has 0 aromatic heterocycles. The van der Waals surface area contributed by atoms with Gasteiger partial charge in [0.1, 0.15) is 5.75 Å². The van der Waals surface area contributed by atoms with Crippen molar-refractivity contribution in [2.24, 2.45) is 0 Å². The van der Waals surface area contributed by atoms with E-state index in [9.17, 15) is 15.0 Å². The molecule has 0 atom stereocenters. The fraction of sp³-hybridized carbons (Fsp3) is 0.409. The van der Waals surface area contributed by atoms with Crippen LogP contribution in [0.5, 0.6) is 5.75 Å². The second kappa shape index (κ2) is 8.44. The van der Waals surface area contributed by atoms with Gasteiger partial charge in [0, 0.05) is 31.6 Å². The molecule has 144 valence electrons. The van der Waals surface area contributed by atoms with Crippen molar-refractivity contribution in [3.63, 3.8) is 0 Å². The number of carbonyl (C=O) groups is 1. The number of hydrogen-bond donors (Lipinski definition) is 3. The van der Waals surface area contributed by atoms with Crippen molar-refractivity contribution in [1.82, 2.24) is 5.32 Å². The number of anilines is 1. The highest BCUT2D eigenvalue weighted by Crippen LogP contribution is 2.34. The average molecular weight is 368 g/mol. The second-order valence-electron chi connectivity index (χ2n) is 7.33. The molecular weight excluding hydrogens is 340 g/mol. The van der Waals surface area contributed by atoms with Gasteiger partial charge >= 0.3 is 0 Å². The Balaban J connectivity index is 1.67. The molecule has 0 aliphatic carbocycles. The Morgan fingerprint density at radius 3 is 2.52 bits per heavy atom. The normalized spacial score (nSPS) is 16.1. The molecule has 2 aromatic rings. The van der Waals surface area contributed by atoms with Gasteiger partial charge in [0.15, 0.2) is 0 Å². The largest absolute Gasteiger partial charge is 0.506 e. The molecule has 2 aromatic carbocycles. The Hall–Kier alpha value is -2.53. The third kappa shape index (κ3) is 4.80. The van der Waals surface area contributed by atoms with E-state index >= 15 is 0 Å². The molecule has 27 heavy (non-hydrogen) atoms. The maximum atomic E-state index is 12.2. The minimum Gasteiger partial charge on any atom is -0.506 e. The van der Waals surface area contributed by atoms with Crippen LogP contribution in [-0.2, 0) is 6.42 Å². The third-order valence-corrected chi connectivity index (χ3v) is 5.18. The molecule has 3 N–H and O–H groups in total. The van der Waals surface area contributed by atoms with E-state index in [4.69, 9.17) is 0 Å². The number of aromatic hydroxyl groups is 1. The summed E-state index contributed by atoms with van der Waals surface area (Å²) in [6.45, 7) is 3.91. The lowest BCUT2D eigenvalue weighted by Crippen LogP contribution is -2.45. The Morgan fingerprint density at radius 2 is 1.85 bits per heavy atom. The molecule has 1 fully saturated rings. The predicted octanol–water partition coefficient (Wildman–Crippen LogP) is 3.11. The summed E-state index contributed by atoms with van der Waals surface area (Å²) in [5.74, 6) is 0.0335. The van der Waals surface area contributed by atoms with Crippen molar-refractivity contribution in [2.75, 3.05) is 24.5 Å². The molecule has 0 spiro atoms. The molecule has 1 amide bonds. The molecule has 1 heterocycles. The fourth-order valence-electron chi connectivity index (χ4n) is 3.58. The van der Waals surface area contributed by atoms with Crippen molar-refractivity contribution in [1.29, 1.82) is 0 Å². The number of amides is 1. The van der Waals surface area contributed by atoms with E-state index in [-0.39, 0.29) is 11.7 Å². The van der Waals surface area contributed by atoms with Gasteiger partial charge in [-0.05, 0) is 43.0 Å². The summed E-state index contributed by atoms with van der Waals surface area (Å²) in [6, 6.07) is 15.0. The van der Waals surface area contributed by atoms with Gasteiger partial charge in [0.05, 0.1) is 11.3 Å². The van der Waals surface area contributed by atoms with E-state index in [0.29, 0.717) is 50.1 Å². The molecule has 0 bridgehead atoms. The summed E-state index contributed by atoms with van der Waals surface area (Å²) in [5, 5.41) is 24.1. The number of nitrogens with zero attached hydrogens (tertiary/aromatic N) is 1. The van der Waals surface area contributed by atoms with Gasteiger partial charge in [-0.2, -0.15) is 0 Å². The highest BCUT2D eigenvalue weighted by atomic mass is 16.3. The molecule has 3 rings (SSSR count). The molecule has 1 aliphatic heterocycles. The fourth-order valence-corrected chi connectivity index (χ4v) is 3.58. The summed E-state index contributed by atoms with van der Waals surface area (Å²) >= 11 is 0. The topological polar surface area (TPSA) is 72.8 Å². The number of nitrogens with one attached hydrogen (secondary N) is 1. The van der Waals surface area contributed by atoms with Crippen LogP contribution in [0.4, 0.5) is 5.69 Å². The number of carbonyl (C=O) groups excluding carboxylic acids is 1. The number of piperidine rings is 1. The molecule has 0 radical (unpaired) electrons. The van der Waals surface area contributed by atoms with Crippen LogP contribution in [0, 0.1) is 0 Å². The number of hydrogen-bond acceptors (Lipinski definition) is 4. The first-order valence-electron chi connectivity index (χ1n) is 9.63. The zero-order valence-corrected chi connectivity index (χ0v) is 15.8. The van der Waals surface area contributed by atoms with Crippen LogP contribution in [0.3, 0.4) is 0 Å². The monoisotopic (exact) mass is 368 g/mol. The molecule has 5 heteroatoms. The first-order valence-corrected chi connectivity index (χ1v) is 9.63. The summed E-state index contributed by atoms with van der Waals surface area (Å²) in [6.07, 6.45) is 2.75. The maximum absolute atomic E-state index is 12.2. The van der Waals surface area contributed by atoms with Gasteiger partial charge in [0.25, 0.3) is 5.91 Å². The minimum atomic E-state index is -0.733. The molecule has 1 saturated heterocycles. The van der Waals surface area contributed by atoms with Crippen molar-refractivity contribution < 1.29 is 15.0 Å². The van der Waals surface area contributed by atoms with Crippen LogP contribution in [0.25, 0.3) is 0 Å². The lowest BCUT2D eigenvalue weighted by atomic mass is 9.85. The van der Waals surface area contributed by atoms with Crippen molar-refractivity contribution in [2.45, 2.75) is 38.2 Å². The highest BCUT2D eigenvalue weighted by molar-refractivity contribution is 5.95. The Bertz CT molecular complexity index is 768. The molecule has 0 unspecified atom stereocenters. The van der Waals surface area contributed by atoms with Gasteiger partial charge in [-0.25, -0.2) is 0 Å². The van der Waals surface area contributed by atoms with E-state index in [0.717, 1.165) is 12.0 Å². The van der Waals surface area contributed by atoms with Gasteiger partial charge in [-0.15, -0.1) is 0 Å². The third-order valence-electron chi connectivity index (χ3n) is 5.18. The Morgan fingerprint density at radius 1 is 1.15 bits per heavy atom. The summed E-state index contributed by atoms with van der Waals surface area (Å²) in [4.78, 5) is 14.3. The van der Waals surface area contributed by atoms with Crippen LogP contribution < -0.4 is 10.2 Å². The maximum Gasteiger partial charge on any atom is 0.251 e. The van der Waals surface area contributed by atoms with Crippen LogP contribution in [0.1, 0.15) is 42.1 Å². The number of aliphatic hydroxyl groups is 1. The predicted molar refractivity (Wildman–Crippen MR) is 107 cm³/mol. The molecule has 5 nitrogen and oxygen atoms in total. The van der Waals surface area contributed by atoms with E-state index in [1.54, 1.807) is 18.2 Å². The summed E-state index contributed by atoms with van der Waals surface area (Å²) in [7, 11) is 0. The lowest BCUT2D eigenvalue weighted by molar-refractivity contribution is 0.0164. The standard InChI is InChI=1S/C22H28N2O3/c1-2-12-23-21(26)18-8-9-20(25)19(15-18)24-13-10-22(27,11-14-24)16-17-6-4-3-5-7-17/h3-9,15,25,27H,2,10-14,16H2,1H3,(H,23,26). The minimum absolute atomic E-state index is 0.129. The number of rotatable bonds is 6. The molecule has 0 saturated carbocycles. The Labute approximate surface area is 160 Å². The van der Waals surface area contributed by atoms with Gasteiger partial charge < -0.3 is 20.4 Å². The second-order valence-corrected chi connectivity index (χ2v) is 7.33. The van der Waals surface area contributed by atoms with Gasteiger partial charge in [0.2, 0.25) is 0 Å². The van der Waals surface area contributed by atoms with Crippen LogP contribution in [0.2, 0.25) is 0 Å². The van der Waals surface area contributed by atoms with E-state index in [2.05, 4.69) is 5.32 Å². The van der Waals surface area contributed by atoms with Crippen LogP contribution in [0.15, 0.2) is 48.5 Å². The van der Waals surface area contributed by atoms with Crippen molar-refractivity contribution >= 4 is 11.6 Å². The molecular formula is C22H28N2O3. The zero-order chi connectivity index (χ0) is 19.3. The van der Waals surface area contributed by atoms with Gasteiger partial charge in [-0.1, -0.05) is 37.3 Å². The highest BCUT2D eigenvalue weighted by Gasteiger charge is 2.33. The summed E-state index contributed by atoms with van der Waals surface area (Å²) < 4.78 is 0. The quantitative estimate of drug-likeness (QED) is 0.733. The summed E-state index contributed by atoms with van der Waals surface area (Å²) in [5.41, 5.74) is 1.59. The van der Waals surface area contributed by atoms with E-state index in [1.165, 1.54) is 0 Å². The zero-order valence-electron chi connectivity index (χ0n) is 15.8. The van der Waals surface area contributed by atoms with Crippen molar-refractivity contribution in [3.05, 3.63) is 59.7 Å². The Kier molecular flexibility index (Phi) is 6.01. The first kappa shape index (κ1) is 19.2. The van der Waals surface area contributed by atoms with Crippen LogP contribution >= 0.6 is 0 Å².